The topological polar surface area (TPSA) is 56.0 Å². The van der Waals surface area contributed by atoms with Crippen molar-refractivity contribution in [1.29, 1.82) is 5.26 Å². The fourth-order valence-electron chi connectivity index (χ4n) is 1.32. The molecule has 0 aliphatic rings. The van der Waals surface area contributed by atoms with Crippen LogP contribution in [0, 0.1) is 11.3 Å². The van der Waals surface area contributed by atoms with Gasteiger partial charge in [0.05, 0.1) is 17.2 Å². The molecule has 86 valence electrons. The number of benzene rings is 1. The van der Waals surface area contributed by atoms with Crippen LogP contribution in [0.3, 0.4) is 0 Å². The first-order valence-electron chi connectivity index (χ1n) is 5.43. The second-order valence-corrected chi connectivity index (χ2v) is 4.55. The molecule has 3 heteroatoms. The molecule has 0 unspecified atom stereocenters. The molecule has 2 N–H and O–H groups in total. The molecule has 0 aliphatic heterocycles. The highest BCUT2D eigenvalue weighted by Gasteiger charge is 2.10. The highest BCUT2D eigenvalue weighted by molar-refractivity contribution is 5.31. The summed E-state index contributed by atoms with van der Waals surface area (Å²) in [5.41, 5.74) is 1.22. The van der Waals surface area contributed by atoms with Gasteiger partial charge in [0.2, 0.25) is 0 Å². The van der Waals surface area contributed by atoms with Crippen molar-refractivity contribution in [2.75, 3.05) is 6.54 Å². The molecule has 1 aromatic rings. The second kappa shape index (κ2) is 5.64. The maximum absolute atomic E-state index is 9.51. The van der Waals surface area contributed by atoms with Gasteiger partial charge in [0.1, 0.15) is 0 Å². The second-order valence-electron chi connectivity index (χ2n) is 4.55. The van der Waals surface area contributed by atoms with Crippen LogP contribution >= 0.6 is 0 Å². The van der Waals surface area contributed by atoms with Crippen LogP contribution in [0.1, 0.15) is 31.4 Å². The third-order valence-electron chi connectivity index (χ3n) is 2.33. The average molecular weight is 218 g/mol. The van der Waals surface area contributed by atoms with Crippen LogP contribution in [0.5, 0.6) is 0 Å². The zero-order chi connectivity index (χ0) is 12.0. The summed E-state index contributed by atoms with van der Waals surface area (Å²) in [5, 5.41) is 21.4. The molecule has 0 aliphatic carbocycles. The summed E-state index contributed by atoms with van der Waals surface area (Å²) >= 11 is 0. The van der Waals surface area contributed by atoms with Crippen LogP contribution in [0.25, 0.3) is 0 Å². The van der Waals surface area contributed by atoms with E-state index in [4.69, 9.17) is 5.26 Å². The predicted octanol–water partition coefficient (Wildman–Crippen LogP) is 1.81. The monoisotopic (exact) mass is 218 g/mol. The van der Waals surface area contributed by atoms with Gasteiger partial charge in [0.15, 0.2) is 0 Å². The summed E-state index contributed by atoms with van der Waals surface area (Å²) in [4.78, 5) is 0. The van der Waals surface area contributed by atoms with Crippen molar-refractivity contribution < 1.29 is 5.11 Å². The van der Waals surface area contributed by atoms with Gasteiger partial charge in [-0.2, -0.15) is 5.26 Å². The number of aliphatic hydroxyl groups is 1. The Balaban J connectivity index is 2.30. The summed E-state index contributed by atoms with van der Waals surface area (Å²) in [6.07, 6.45) is 0.725. The molecule has 0 saturated carbocycles. The van der Waals surface area contributed by atoms with Gasteiger partial charge >= 0.3 is 0 Å². The van der Waals surface area contributed by atoms with E-state index in [1.807, 2.05) is 24.3 Å². The van der Waals surface area contributed by atoms with Crippen LogP contribution in [-0.2, 0) is 6.54 Å². The fraction of sp³-hybridized carbons (Fsp3) is 0.462. The van der Waals surface area contributed by atoms with Crippen LogP contribution in [0.15, 0.2) is 24.3 Å². The largest absolute Gasteiger partial charge is 0.390 e. The third kappa shape index (κ3) is 4.92. The number of nitriles is 1. The Morgan fingerprint density at radius 2 is 1.94 bits per heavy atom. The SMILES string of the molecule is CC(C)(O)CCNCc1ccc(C#N)cc1. The van der Waals surface area contributed by atoms with Crippen LogP contribution in [-0.4, -0.2) is 17.3 Å². The minimum absolute atomic E-state index is 0.613. The molecule has 0 amide bonds. The molecule has 3 nitrogen and oxygen atoms in total. The summed E-state index contributed by atoms with van der Waals surface area (Å²) in [7, 11) is 0. The van der Waals surface area contributed by atoms with Crippen molar-refractivity contribution in [2.45, 2.75) is 32.4 Å². The first-order chi connectivity index (χ1) is 7.51. The van der Waals surface area contributed by atoms with Crippen molar-refractivity contribution in [3.63, 3.8) is 0 Å². The minimum atomic E-state index is -0.613. The van der Waals surface area contributed by atoms with Crippen molar-refractivity contribution in [1.82, 2.24) is 5.32 Å². The van der Waals surface area contributed by atoms with E-state index in [-0.39, 0.29) is 0 Å². The molecule has 0 aromatic heterocycles. The molecular weight excluding hydrogens is 200 g/mol. The molecule has 0 saturated heterocycles. The zero-order valence-electron chi connectivity index (χ0n) is 9.83. The van der Waals surface area contributed by atoms with Crippen molar-refractivity contribution in [2.24, 2.45) is 0 Å². The van der Waals surface area contributed by atoms with Crippen LogP contribution in [0.4, 0.5) is 0 Å². The Bertz CT molecular complexity index is 357. The van der Waals surface area contributed by atoms with Crippen molar-refractivity contribution in [3.8, 4) is 6.07 Å². The zero-order valence-corrected chi connectivity index (χ0v) is 9.83. The molecule has 0 bridgehead atoms. The van der Waals surface area contributed by atoms with Crippen LogP contribution in [0.2, 0.25) is 0 Å². The molecular formula is C13H18N2O. The number of nitrogens with zero attached hydrogens (tertiary/aromatic N) is 1. The number of hydrogen-bond donors (Lipinski definition) is 2. The molecule has 1 aromatic carbocycles. The molecule has 0 radical (unpaired) electrons. The smallest absolute Gasteiger partial charge is 0.0991 e. The summed E-state index contributed by atoms with van der Waals surface area (Å²) in [5.74, 6) is 0. The van der Waals surface area contributed by atoms with E-state index in [1.54, 1.807) is 13.8 Å². The van der Waals surface area contributed by atoms with Gasteiger partial charge < -0.3 is 10.4 Å². The van der Waals surface area contributed by atoms with E-state index < -0.39 is 5.60 Å². The highest BCUT2D eigenvalue weighted by Crippen LogP contribution is 2.06. The molecule has 0 spiro atoms. The van der Waals surface area contributed by atoms with E-state index >= 15 is 0 Å². The van der Waals surface area contributed by atoms with Gasteiger partial charge in [-0.25, -0.2) is 0 Å². The highest BCUT2D eigenvalue weighted by atomic mass is 16.3. The maximum Gasteiger partial charge on any atom is 0.0991 e. The van der Waals surface area contributed by atoms with E-state index in [0.717, 1.165) is 25.1 Å². The van der Waals surface area contributed by atoms with E-state index in [1.165, 1.54) is 0 Å². The summed E-state index contributed by atoms with van der Waals surface area (Å²) < 4.78 is 0. The predicted molar refractivity (Wildman–Crippen MR) is 63.8 cm³/mol. The van der Waals surface area contributed by atoms with Crippen LogP contribution < -0.4 is 5.32 Å². The minimum Gasteiger partial charge on any atom is -0.390 e. The van der Waals surface area contributed by atoms with Gasteiger partial charge in [0, 0.05) is 6.54 Å². The average Bonchev–Trinajstić information content (AvgIpc) is 2.24. The number of nitrogens with one attached hydrogen (secondary N) is 1. The number of rotatable bonds is 5. The lowest BCUT2D eigenvalue weighted by Gasteiger charge is -2.16. The quantitative estimate of drug-likeness (QED) is 0.741. The van der Waals surface area contributed by atoms with Gasteiger partial charge in [-0.05, 0) is 44.5 Å². The lowest BCUT2D eigenvalue weighted by Crippen LogP contribution is -2.26. The Hall–Kier alpha value is -1.37. The molecule has 0 heterocycles. The molecule has 16 heavy (non-hydrogen) atoms. The Morgan fingerprint density at radius 3 is 2.44 bits per heavy atom. The lowest BCUT2D eigenvalue weighted by atomic mass is 10.1. The lowest BCUT2D eigenvalue weighted by molar-refractivity contribution is 0.0711. The van der Waals surface area contributed by atoms with Crippen molar-refractivity contribution in [3.05, 3.63) is 35.4 Å². The van der Waals surface area contributed by atoms with Gasteiger partial charge in [0.25, 0.3) is 0 Å². The third-order valence-corrected chi connectivity index (χ3v) is 2.33. The summed E-state index contributed by atoms with van der Waals surface area (Å²) in [6.45, 7) is 5.15. The Morgan fingerprint density at radius 1 is 1.31 bits per heavy atom. The standard InChI is InChI=1S/C13H18N2O/c1-13(2,16)7-8-15-10-12-5-3-11(9-14)4-6-12/h3-6,15-16H,7-8,10H2,1-2H3. The van der Waals surface area contributed by atoms with Crippen molar-refractivity contribution >= 4 is 0 Å². The van der Waals surface area contributed by atoms with E-state index in [0.29, 0.717) is 5.56 Å². The first kappa shape index (κ1) is 12.7. The molecule has 0 atom stereocenters. The van der Waals surface area contributed by atoms with E-state index in [2.05, 4.69) is 11.4 Å². The van der Waals surface area contributed by atoms with E-state index in [9.17, 15) is 5.11 Å². The Labute approximate surface area is 96.7 Å². The maximum atomic E-state index is 9.51. The fourth-order valence-corrected chi connectivity index (χ4v) is 1.32. The van der Waals surface area contributed by atoms with Gasteiger partial charge in [-0.3, -0.25) is 0 Å². The Kier molecular flexibility index (Phi) is 4.48. The normalized spacial score (nSPS) is 11.1. The first-order valence-corrected chi connectivity index (χ1v) is 5.43. The summed E-state index contributed by atoms with van der Waals surface area (Å²) in [6, 6.07) is 9.59. The van der Waals surface area contributed by atoms with Gasteiger partial charge in [-0.1, -0.05) is 12.1 Å². The number of hydrogen-bond acceptors (Lipinski definition) is 3. The molecule has 1 rings (SSSR count). The van der Waals surface area contributed by atoms with Gasteiger partial charge in [-0.15, -0.1) is 0 Å². The molecule has 0 fully saturated rings.